The van der Waals surface area contributed by atoms with Crippen molar-refractivity contribution in [3.8, 4) is 5.75 Å². The largest absolute Gasteiger partial charge is 0.490 e. The summed E-state index contributed by atoms with van der Waals surface area (Å²) >= 11 is 0. The molecule has 0 heterocycles. The molecule has 1 aliphatic carbocycles. The maximum atomic E-state index is 11.6. The molecule has 1 aromatic rings. The van der Waals surface area contributed by atoms with E-state index >= 15 is 0 Å². The predicted molar refractivity (Wildman–Crippen MR) is 68.4 cm³/mol. The molecule has 0 bridgehead atoms. The lowest BCUT2D eigenvalue weighted by Crippen LogP contribution is -2.47. The lowest BCUT2D eigenvalue weighted by atomic mass is 10.00. The van der Waals surface area contributed by atoms with Crippen LogP contribution in [0.2, 0.25) is 0 Å². The highest BCUT2D eigenvalue weighted by Crippen LogP contribution is 2.31. The molecule has 1 fully saturated rings. The molecule has 1 aromatic carbocycles. The molecule has 98 valence electrons. The number of methoxy groups -OCH3 is 1. The number of esters is 1. The number of benzene rings is 1. The van der Waals surface area contributed by atoms with Crippen LogP contribution in [0, 0.1) is 6.92 Å². The standard InChI is InChI=1S/C14H19NO3/c1-10-3-5-11(6-4-10)18-12-7-8-14(15,9-12)13(16)17-2/h3-6,12H,7-9,15H2,1-2H3. The maximum Gasteiger partial charge on any atom is 0.325 e. The first-order chi connectivity index (χ1) is 8.53. The van der Waals surface area contributed by atoms with Crippen LogP contribution in [0.1, 0.15) is 24.8 Å². The fourth-order valence-corrected chi connectivity index (χ4v) is 2.33. The summed E-state index contributed by atoms with van der Waals surface area (Å²) in [6, 6.07) is 7.87. The topological polar surface area (TPSA) is 61.5 Å². The smallest absolute Gasteiger partial charge is 0.325 e. The molecule has 4 heteroatoms. The zero-order valence-corrected chi connectivity index (χ0v) is 10.8. The minimum atomic E-state index is -0.885. The average molecular weight is 249 g/mol. The number of hydrogen-bond donors (Lipinski definition) is 1. The summed E-state index contributed by atoms with van der Waals surface area (Å²) < 4.78 is 10.6. The number of rotatable bonds is 3. The van der Waals surface area contributed by atoms with Crippen LogP contribution in [0.3, 0.4) is 0 Å². The molecule has 4 nitrogen and oxygen atoms in total. The molecule has 1 saturated carbocycles. The van der Waals surface area contributed by atoms with Crippen LogP contribution in [0.5, 0.6) is 5.75 Å². The summed E-state index contributed by atoms with van der Waals surface area (Å²) in [6.07, 6.45) is 1.88. The predicted octanol–water partition coefficient (Wildman–Crippen LogP) is 1.80. The van der Waals surface area contributed by atoms with Gasteiger partial charge in [0.1, 0.15) is 17.4 Å². The lowest BCUT2D eigenvalue weighted by Gasteiger charge is -2.20. The number of carbonyl (C=O) groups is 1. The van der Waals surface area contributed by atoms with Crippen molar-refractivity contribution in [2.45, 2.75) is 37.8 Å². The van der Waals surface area contributed by atoms with E-state index in [9.17, 15) is 4.79 Å². The Morgan fingerprint density at radius 3 is 2.67 bits per heavy atom. The monoisotopic (exact) mass is 249 g/mol. The maximum absolute atomic E-state index is 11.6. The molecule has 2 rings (SSSR count). The van der Waals surface area contributed by atoms with Gasteiger partial charge in [0, 0.05) is 6.42 Å². The second-order valence-corrected chi connectivity index (χ2v) is 4.94. The molecule has 0 radical (unpaired) electrons. The van der Waals surface area contributed by atoms with Crippen molar-refractivity contribution in [2.75, 3.05) is 7.11 Å². The van der Waals surface area contributed by atoms with Crippen molar-refractivity contribution in [3.63, 3.8) is 0 Å². The SMILES string of the molecule is COC(=O)C1(N)CCC(Oc2ccc(C)cc2)C1. The Morgan fingerprint density at radius 1 is 1.39 bits per heavy atom. The Kier molecular flexibility index (Phi) is 3.57. The summed E-state index contributed by atoms with van der Waals surface area (Å²) in [7, 11) is 1.37. The Morgan fingerprint density at radius 2 is 2.06 bits per heavy atom. The van der Waals surface area contributed by atoms with E-state index < -0.39 is 5.54 Å². The molecular formula is C14H19NO3. The quantitative estimate of drug-likeness (QED) is 0.830. The Labute approximate surface area is 107 Å². The van der Waals surface area contributed by atoms with Gasteiger partial charge in [0.05, 0.1) is 7.11 Å². The van der Waals surface area contributed by atoms with Crippen LogP contribution < -0.4 is 10.5 Å². The van der Waals surface area contributed by atoms with E-state index in [4.69, 9.17) is 15.2 Å². The van der Waals surface area contributed by atoms with Gasteiger partial charge < -0.3 is 15.2 Å². The van der Waals surface area contributed by atoms with E-state index in [2.05, 4.69) is 0 Å². The summed E-state index contributed by atoms with van der Waals surface area (Å²) in [4.78, 5) is 11.6. The number of ether oxygens (including phenoxy) is 2. The van der Waals surface area contributed by atoms with Gasteiger partial charge in [-0.2, -0.15) is 0 Å². The van der Waals surface area contributed by atoms with Gasteiger partial charge in [0.2, 0.25) is 0 Å². The van der Waals surface area contributed by atoms with E-state index in [1.54, 1.807) is 0 Å². The molecule has 0 saturated heterocycles. The van der Waals surface area contributed by atoms with Crippen molar-refractivity contribution >= 4 is 5.97 Å². The van der Waals surface area contributed by atoms with Crippen LogP contribution in [0.4, 0.5) is 0 Å². The van der Waals surface area contributed by atoms with E-state index in [1.165, 1.54) is 12.7 Å². The summed E-state index contributed by atoms with van der Waals surface area (Å²) in [5, 5.41) is 0. The van der Waals surface area contributed by atoms with Gasteiger partial charge in [-0.1, -0.05) is 17.7 Å². The molecule has 0 spiro atoms. The highest BCUT2D eigenvalue weighted by molar-refractivity contribution is 5.80. The van der Waals surface area contributed by atoms with Crippen molar-refractivity contribution in [1.82, 2.24) is 0 Å². The van der Waals surface area contributed by atoms with Crippen molar-refractivity contribution in [1.29, 1.82) is 0 Å². The molecule has 2 atom stereocenters. The highest BCUT2D eigenvalue weighted by atomic mass is 16.5. The first-order valence-electron chi connectivity index (χ1n) is 6.14. The Bertz CT molecular complexity index is 429. The minimum absolute atomic E-state index is 0.0168. The van der Waals surface area contributed by atoms with Gasteiger partial charge in [-0.25, -0.2) is 0 Å². The number of carbonyl (C=O) groups excluding carboxylic acids is 1. The van der Waals surface area contributed by atoms with Crippen LogP contribution >= 0.6 is 0 Å². The zero-order chi connectivity index (χ0) is 13.2. The molecule has 1 aliphatic rings. The highest BCUT2D eigenvalue weighted by Gasteiger charge is 2.44. The third kappa shape index (κ3) is 2.64. The van der Waals surface area contributed by atoms with Gasteiger partial charge >= 0.3 is 5.97 Å². The molecular weight excluding hydrogens is 230 g/mol. The molecule has 18 heavy (non-hydrogen) atoms. The fraction of sp³-hybridized carbons (Fsp3) is 0.500. The summed E-state index contributed by atoms with van der Waals surface area (Å²) in [6.45, 7) is 2.03. The first-order valence-corrected chi connectivity index (χ1v) is 6.14. The average Bonchev–Trinajstić information content (AvgIpc) is 2.74. The van der Waals surface area contributed by atoms with Gasteiger partial charge in [-0.3, -0.25) is 4.79 Å². The van der Waals surface area contributed by atoms with Crippen LogP contribution in [0.25, 0.3) is 0 Å². The lowest BCUT2D eigenvalue weighted by molar-refractivity contribution is -0.147. The zero-order valence-electron chi connectivity index (χ0n) is 10.8. The van der Waals surface area contributed by atoms with E-state index in [0.29, 0.717) is 12.8 Å². The van der Waals surface area contributed by atoms with Gasteiger partial charge in [-0.15, -0.1) is 0 Å². The molecule has 2 unspecified atom stereocenters. The van der Waals surface area contributed by atoms with E-state index in [-0.39, 0.29) is 12.1 Å². The van der Waals surface area contributed by atoms with E-state index in [1.807, 2.05) is 31.2 Å². The third-order valence-corrected chi connectivity index (χ3v) is 3.42. The minimum Gasteiger partial charge on any atom is -0.490 e. The van der Waals surface area contributed by atoms with Crippen LogP contribution in [0.15, 0.2) is 24.3 Å². The summed E-state index contributed by atoms with van der Waals surface area (Å²) in [5.74, 6) is 0.470. The van der Waals surface area contributed by atoms with Gasteiger partial charge in [0.25, 0.3) is 0 Å². The summed E-state index contributed by atoms with van der Waals surface area (Å²) in [5.41, 5.74) is 6.33. The van der Waals surface area contributed by atoms with Crippen molar-refractivity contribution < 1.29 is 14.3 Å². The van der Waals surface area contributed by atoms with Crippen LogP contribution in [-0.2, 0) is 9.53 Å². The van der Waals surface area contributed by atoms with Crippen molar-refractivity contribution in [2.24, 2.45) is 5.73 Å². The number of aryl methyl sites for hydroxylation is 1. The second kappa shape index (κ2) is 4.98. The second-order valence-electron chi connectivity index (χ2n) is 4.94. The number of hydrogen-bond acceptors (Lipinski definition) is 4. The molecule has 0 aromatic heterocycles. The molecule has 0 amide bonds. The molecule has 2 N–H and O–H groups in total. The Hall–Kier alpha value is -1.55. The Balaban J connectivity index is 1.97. The fourth-order valence-electron chi connectivity index (χ4n) is 2.33. The molecule has 0 aliphatic heterocycles. The third-order valence-electron chi connectivity index (χ3n) is 3.42. The van der Waals surface area contributed by atoms with Crippen LogP contribution in [-0.4, -0.2) is 24.7 Å². The van der Waals surface area contributed by atoms with Gasteiger partial charge in [0.15, 0.2) is 0 Å². The number of nitrogens with two attached hydrogens (primary N) is 1. The first kappa shape index (κ1) is 12.9. The normalized spacial score (nSPS) is 26.9. The van der Waals surface area contributed by atoms with E-state index in [0.717, 1.165) is 12.2 Å². The van der Waals surface area contributed by atoms with Gasteiger partial charge in [-0.05, 0) is 31.9 Å². The van der Waals surface area contributed by atoms with Crippen molar-refractivity contribution in [3.05, 3.63) is 29.8 Å².